The maximum atomic E-state index is 13.2. The van der Waals surface area contributed by atoms with Crippen molar-refractivity contribution in [3.8, 4) is 0 Å². The van der Waals surface area contributed by atoms with Crippen LogP contribution in [0.5, 0.6) is 0 Å². The average molecular weight is 494 g/mol. The van der Waals surface area contributed by atoms with E-state index in [4.69, 9.17) is 16.3 Å². The van der Waals surface area contributed by atoms with Crippen molar-refractivity contribution in [1.29, 1.82) is 0 Å². The third-order valence-electron chi connectivity index (χ3n) is 6.81. The summed E-state index contributed by atoms with van der Waals surface area (Å²) in [5.74, 6) is -0.290. The van der Waals surface area contributed by atoms with Crippen LogP contribution in [-0.4, -0.2) is 44.8 Å². The normalized spacial score (nSPS) is 18.2. The topological polar surface area (TPSA) is 89.4 Å². The Labute approximate surface area is 209 Å². The third kappa shape index (κ3) is 5.09. The van der Waals surface area contributed by atoms with Gasteiger partial charge in [-0.2, -0.15) is 0 Å². The second-order valence-corrected chi connectivity index (χ2v) is 9.56. The van der Waals surface area contributed by atoms with E-state index >= 15 is 0 Å². The Kier molecular flexibility index (Phi) is 6.83. The van der Waals surface area contributed by atoms with Gasteiger partial charge in [0, 0.05) is 30.6 Å². The summed E-state index contributed by atoms with van der Waals surface area (Å²) in [6, 6.07) is 15.7. The van der Waals surface area contributed by atoms with E-state index in [1.54, 1.807) is 9.58 Å². The van der Waals surface area contributed by atoms with Crippen LogP contribution in [0.2, 0.25) is 5.02 Å². The molecule has 0 aliphatic carbocycles. The van der Waals surface area contributed by atoms with Gasteiger partial charge in [-0.25, -0.2) is 4.68 Å². The summed E-state index contributed by atoms with van der Waals surface area (Å²) in [6.45, 7) is 4.26. The number of likely N-dealkylation sites (tertiary alicyclic amines) is 1. The lowest BCUT2D eigenvalue weighted by molar-refractivity contribution is -0.126. The Bertz CT molecular complexity index is 1220. The number of carbonyl (C=O) groups is 2. The van der Waals surface area contributed by atoms with Crippen LogP contribution in [0.3, 0.4) is 0 Å². The lowest BCUT2D eigenvalue weighted by atomic mass is 9.95. The highest BCUT2D eigenvalue weighted by atomic mass is 35.5. The van der Waals surface area contributed by atoms with Crippen LogP contribution in [0.15, 0.2) is 48.5 Å². The Morgan fingerprint density at radius 2 is 1.86 bits per heavy atom. The number of hydrogen-bond acceptors (Lipinski definition) is 5. The number of rotatable bonds is 5. The second-order valence-electron chi connectivity index (χ2n) is 9.15. The van der Waals surface area contributed by atoms with Crippen LogP contribution in [0.4, 0.5) is 0 Å². The van der Waals surface area contributed by atoms with E-state index in [0.29, 0.717) is 55.4 Å². The molecule has 1 fully saturated rings. The van der Waals surface area contributed by atoms with Gasteiger partial charge in [0.25, 0.3) is 5.91 Å². The lowest BCUT2D eigenvalue weighted by Gasteiger charge is -2.31. The molecule has 1 N–H and O–H groups in total. The fraction of sp³-hybridized carbons (Fsp3) is 0.385. The molecule has 2 aliphatic heterocycles. The number of benzene rings is 2. The number of fused-ring (bicyclic) bond motifs is 1. The molecule has 0 spiro atoms. The molecule has 1 atom stereocenters. The van der Waals surface area contributed by atoms with Crippen molar-refractivity contribution in [2.24, 2.45) is 5.92 Å². The minimum absolute atomic E-state index is 0.00592. The van der Waals surface area contributed by atoms with E-state index in [1.165, 1.54) is 5.56 Å². The first kappa shape index (κ1) is 23.5. The van der Waals surface area contributed by atoms with E-state index in [1.807, 2.05) is 24.3 Å². The van der Waals surface area contributed by atoms with Crippen molar-refractivity contribution >= 4 is 23.4 Å². The van der Waals surface area contributed by atoms with Gasteiger partial charge in [0.2, 0.25) is 5.91 Å². The van der Waals surface area contributed by atoms with Crippen LogP contribution in [0.1, 0.15) is 51.8 Å². The number of halogens is 1. The van der Waals surface area contributed by atoms with Crippen molar-refractivity contribution in [1.82, 2.24) is 25.2 Å². The highest BCUT2D eigenvalue weighted by Gasteiger charge is 2.33. The molecule has 2 aliphatic rings. The maximum absolute atomic E-state index is 13.2. The molecule has 3 heterocycles. The molecule has 2 amide bonds. The Hall–Kier alpha value is -3.23. The number of nitrogens with one attached hydrogen (secondary N) is 1. The molecule has 5 rings (SSSR count). The molecular weight excluding hydrogens is 466 g/mol. The van der Waals surface area contributed by atoms with Crippen LogP contribution in [0.25, 0.3) is 0 Å². The van der Waals surface area contributed by atoms with Crippen LogP contribution >= 0.6 is 11.6 Å². The van der Waals surface area contributed by atoms with Crippen molar-refractivity contribution < 1.29 is 14.3 Å². The summed E-state index contributed by atoms with van der Waals surface area (Å²) < 4.78 is 7.83. The average Bonchev–Trinajstić information content (AvgIpc) is 3.31. The summed E-state index contributed by atoms with van der Waals surface area (Å²) in [5.41, 5.74) is 4.21. The summed E-state index contributed by atoms with van der Waals surface area (Å²) in [4.78, 5) is 27.6. The van der Waals surface area contributed by atoms with Gasteiger partial charge in [0.1, 0.15) is 6.10 Å². The minimum Gasteiger partial charge on any atom is -0.365 e. The molecule has 0 radical (unpaired) electrons. The zero-order valence-corrected chi connectivity index (χ0v) is 20.4. The smallest absolute Gasteiger partial charge is 0.276 e. The van der Waals surface area contributed by atoms with Crippen LogP contribution < -0.4 is 5.32 Å². The number of nitrogens with zero attached hydrogens (tertiary/aromatic N) is 4. The summed E-state index contributed by atoms with van der Waals surface area (Å²) >= 11 is 6.17. The fourth-order valence-corrected chi connectivity index (χ4v) is 4.83. The molecule has 1 aromatic heterocycles. The van der Waals surface area contributed by atoms with Gasteiger partial charge in [0.05, 0.1) is 18.8 Å². The van der Waals surface area contributed by atoms with Crippen molar-refractivity contribution in [3.63, 3.8) is 0 Å². The molecule has 0 saturated carbocycles. The van der Waals surface area contributed by atoms with E-state index in [-0.39, 0.29) is 30.4 Å². The minimum atomic E-state index is -0.154. The summed E-state index contributed by atoms with van der Waals surface area (Å²) in [5, 5.41) is 12.0. The molecule has 1 saturated heterocycles. The predicted molar refractivity (Wildman–Crippen MR) is 131 cm³/mol. The quantitative estimate of drug-likeness (QED) is 0.585. The van der Waals surface area contributed by atoms with Gasteiger partial charge < -0.3 is 15.0 Å². The van der Waals surface area contributed by atoms with Gasteiger partial charge >= 0.3 is 0 Å². The molecule has 182 valence electrons. The number of piperidine rings is 1. The number of aryl methyl sites for hydroxylation is 1. The fourth-order valence-electron chi connectivity index (χ4n) is 4.62. The van der Waals surface area contributed by atoms with E-state index in [9.17, 15) is 9.59 Å². The monoisotopic (exact) mass is 493 g/mol. The van der Waals surface area contributed by atoms with Gasteiger partial charge in [-0.05, 0) is 37.0 Å². The van der Waals surface area contributed by atoms with Gasteiger partial charge in [-0.3, -0.25) is 9.59 Å². The largest absolute Gasteiger partial charge is 0.365 e. The first-order valence-corrected chi connectivity index (χ1v) is 12.3. The Morgan fingerprint density at radius 1 is 1.11 bits per heavy atom. The highest BCUT2D eigenvalue weighted by Crippen LogP contribution is 2.28. The predicted octanol–water partition coefficient (Wildman–Crippen LogP) is 3.68. The van der Waals surface area contributed by atoms with Gasteiger partial charge in [-0.1, -0.05) is 64.8 Å². The van der Waals surface area contributed by atoms with Crippen LogP contribution in [0, 0.1) is 12.8 Å². The van der Waals surface area contributed by atoms with Crippen molar-refractivity contribution in [2.45, 2.75) is 45.6 Å². The molecule has 2 aromatic carbocycles. The molecule has 9 heteroatoms. The molecule has 8 nitrogen and oxygen atoms in total. The van der Waals surface area contributed by atoms with Crippen molar-refractivity contribution in [2.75, 3.05) is 13.1 Å². The summed E-state index contributed by atoms with van der Waals surface area (Å²) in [7, 11) is 0. The first-order valence-electron chi connectivity index (χ1n) is 11.9. The van der Waals surface area contributed by atoms with E-state index in [2.05, 4.69) is 46.8 Å². The molecule has 0 bridgehead atoms. The lowest BCUT2D eigenvalue weighted by Crippen LogP contribution is -2.43. The second kappa shape index (κ2) is 10.2. The molecular formula is C26H28ClN5O3. The van der Waals surface area contributed by atoms with E-state index in [0.717, 1.165) is 11.1 Å². The number of amides is 2. The van der Waals surface area contributed by atoms with Crippen LogP contribution in [-0.2, 0) is 29.2 Å². The SMILES string of the molecule is Cc1ccc(C2Cn3nnc(C(=O)N4CCC(C(=O)NCc5ccccc5Cl)CC4)c3CO2)cc1. The standard InChI is InChI=1S/C26H28ClN5O3/c1-17-6-8-18(9-7-17)23-15-32-22(16-35-23)24(29-30-32)26(34)31-12-10-19(11-13-31)25(33)28-14-20-4-2-3-5-21(20)27/h2-9,19,23H,10-16H2,1H3,(H,28,33). The van der Waals surface area contributed by atoms with E-state index < -0.39 is 0 Å². The van der Waals surface area contributed by atoms with Crippen molar-refractivity contribution in [3.05, 3.63) is 81.6 Å². The summed E-state index contributed by atoms with van der Waals surface area (Å²) in [6.07, 6.45) is 1.10. The highest BCUT2D eigenvalue weighted by molar-refractivity contribution is 6.31. The number of aromatic nitrogens is 3. The Balaban J connectivity index is 1.16. The number of carbonyl (C=O) groups excluding carboxylic acids is 2. The number of hydrogen-bond donors (Lipinski definition) is 1. The molecule has 3 aromatic rings. The first-order chi connectivity index (χ1) is 17.0. The molecule has 35 heavy (non-hydrogen) atoms. The maximum Gasteiger partial charge on any atom is 0.276 e. The third-order valence-corrected chi connectivity index (χ3v) is 7.18. The van der Waals surface area contributed by atoms with Gasteiger partial charge in [0.15, 0.2) is 5.69 Å². The zero-order valence-electron chi connectivity index (χ0n) is 19.6. The zero-order chi connectivity index (χ0) is 24.4. The van der Waals surface area contributed by atoms with Gasteiger partial charge in [-0.15, -0.1) is 5.10 Å². The molecule has 1 unspecified atom stereocenters. The Morgan fingerprint density at radius 3 is 2.60 bits per heavy atom. The number of ether oxygens (including phenoxy) is 1.